The smallest absolute Gasteiger partial charge is 0.0467 e. The van der Waals surface area contributed by atoms with Gasteiger partial charge in [-0.1, -0.05) is 32.8 Å². The van der Waals surface area contributed by atoms with Crippen LogP contribution in [0.3, 0.4) is 0 Å². The Kier molecular flexibility index (Phi) is 2.58. The lowest BCUT2D eigenvalue weighted by Crippen LogP contribution is -2.38. The minimum absolute atomic E-state index is 0.157. The second kappa shape index (κ2) is 3.22. The van der Waals surface area contributed by atoms with Gasteiger partial charge >= 0.3 is 0 Å². The van der Waals surface area contributed by atoms with Gasteiger partial charge in [0.15, 0.2) is 0 Å². The highest BCUT2D eigenvalue weighted by atomic mass is 15.2. The fraction of sp³-hybridized carbons (Fsp3) is 1.00. The molecule has 0 radical (unpaired) electrons. The van der Waals surface area contributed by atoms with Crippen LogP contribution in [0.5, 0.6) is 0 Å². The van der Waals surface area contributed by atoms with E-state index in [2.05, 4.69) is 37.7 Å². The maximum absolute atomic E-state index is 8.50. The summed E-state index contributed by atoms with van der Waals surface area (Å²) in [5.74, 6) is 0.666. The van der Waals surface area contributed by atoms with Gasteiger partial charge in [0.25, 0.3) is 0 Å². The first-order chi connectivity index (χ1) is 5.87. The van der Waals surface area contributed by atoms with E-state index >= 15 is 0 Å². The lowest BCUT2D eigenvalue weighted by atomic mass is 9.65. The van der Waals surface area contributed by atoms with E-state index in [0.29, 0.717) is 11.3 Å². The molecule has 0 amide bonds. The largest absolute Gasteiger partial charge is 0.0875 e. The Bertz CT molecular complexity index is 241. The van der Waals surface area contributed by atoms with Gasteiger partial charge in [-0.05, 0) is 36.1 Å². The zero-order valence-electron chi connectivity index (χ0n) is 9.04. The molecule has 0 aromatic rings. The first-order valence-corrected chi connectivity index (χ1v) is 4.93. The van der Waals surface area contributed by atoms with E-state index < -0.39 is 0 Å². The van der Waals surface area contributed by atoms with Crippen LogP contribution in [-0.2, 0) is 0 Å². The summed E-state index contributed by atoms with van der Waals surface area (Å²) in [4.78, 5) is 2.96. The molecule has 13 heavy (non-hydrogen) atoms. The monoisotopic (exact) mass is 181 g/mol. The lowest BCUT2D eigenvalue weighted by molar-refractivity contribution is 0.119. The van der Waals surface area contributed by atoms with Crippen LogP contribution < -0.4 is 0 Å². The number of hydrogen-bond donors (Lipinski definition) is 0. The SMILES string of the molecule is C[C@H]1CC(C)(C)C[C@](C)(N=[N+]=[N-])C1. The van der Waals surface area contributed by atoms with Gasteiger partial charge in [0.05, 0.1) is 0 Å². The third-order valence-electron chi connectivity index (χ3n) is 2.83. The van der Waals surface area contributed by atoms with Crippen LogP contribution in [0.15, 0.2) is 5.11 Å². The quantitative estimate of drug-likeness (QED) is 0.334. The summed E-state index contributed by atoms with van der Waals surface area (Å²) in [6, 6.07) is 0. The maximum Gasteiger partial charge on any atom is 0.0467 e. The zero-order valence-corrected chi connectivity index (χ0v) is 9.04. The molecular formula is C10H19N3. The number of hydrogen-bond acceptors (Lipinski definition) is 1. The second-order valence-electron chi connectivity index (χ2n) is 5.54. The van der Waals surface area contributed by atoms with Gasteiger partial charge in [-0.15, -0.1) is 0 Å². The van der Waals surface area contributed by atoms with Gasteiger partial charge < -0.3 is 0 Å². The zero-order chi connectivity index (χ0) is 10.1. The molecule has 0 unspecified atom stereocenters. The molecule has 3 heteroatoms. The fourth-order valence-corrected chi connectivity index (χ4v) is 3.13. The summed E-state index contributed by atoms with van der Waals surface area (Å²) in [7, 11) is 0. The van der Waals surface area contributed by atoms with Gasteiger partial charge in [-0.3, -0.25) is 0 Å². The topological polar surface area (TPSA) is 48.8 Å². The second-order valence-corrected chi connectivity index (χ2v) is 5.54. The van der Waals surface area contributed by atoms with Crippen molar-refractivity contribution in [3.8, 4) is 0 Å². The number of rotatable bonds is 1. The van der Waals surface area contributed by atoms with E-state index in [1.807, 2.05) is 0 Å². The Balaban J connectivity index is 2.83. The third kappa shape index (κ3) is 2.63. The molecule has 0 aliphatic heterocycles. The predicted molar refractivity (Wildman–Crippen MR) is 54.3 cm³/mol. The van der Waals surface area contributed by atoms with E-state index in [1.165, 1.54) is 6.42 Å². The van der Waals surface area contributed by atoms with Crippen LogP contribution in [0.25, 0.3) is 10.4 Å². The Hall–Kier alpha value is -0.690. The molecule has 1 rings (SSSR count). The molecule has 0 N–H and O–H groups in total. The molecular weight excluding hydrogens is 162 g/mol. The molecule has 0 saturated heterocycles. The van der Waals surface area contributed by atoms with Gasteiger partial charge in [-0.25, -0.2) is 0 Å². The average Bonchev–Trinajstić information content (AvgIpc) is 1.78. The molecule has 0 bridgehead atoms. The standard InChI is InChI=1S/C10H19N3/c1-8-5-9(2,3)7-10(4,6-8)12-13-11/h8H,5-7H2,1-4H3/t8-,10+/m0/s1. The van der Waals surface area contributed by atoms with Crippen LogP contribution in [0.2, 0.25) is 0 Å². The molecule has 1 fully saturated rings. The molecule has 1 aliphatic carbocycles. The van der Waals surface area contributed by atoms with E-state index in [-0.39, 0.29) is 5.54 Å². The Labute approximate surface area is 80.2 Å². The van der Waals surface area contributed by atoms with E-state index in [4.69, 9.17) is 5.53 Å². The highest BCUT2D eigenvalue weighted by Crippen LogP contribution is 2.45. The molecule has 1 saturated carbocycles. The van der Waals surface area contributed by atoms with E-state index in [9.17, 15) is 0 Å². The van der Waals surface area contributed by atoms with Crippen LogP contribution >= 0.6 is 0 Å². The van der Waals surface area contributed by atoms with Crippen molar-refractivity contribution in [1.82, 2.24) is 0 Å². The summed E-state index contributed by atoms with van der Waals surface area (Å²) >= 11 is 0. The summed E-state index contributed by atoms with van der Waals surface area (Å²) in [5.41, 5.74) is 8.66. The molecule has 74 valence electrons. The van der Waals surface area contributed by atoms with E-state index in [0.717, 1.165) is 12.8 Å². The first-order valence-electron chi connectivity index (χ1n) is 4.93. The minimum Gasteiger partial charge on any atom is -0.0875 e. The van der Waals surface area contributed by atoms with Crippen molar-refractivity contribution in [2.75, 3.05) is 0 Å². The molecule has 1 aliphatic rings. The van der Waals surface area contributed by atoms with Crippen molar-refractivity contribution in [2.24, 2.45) is 16.4 Å². The van der Waals surface area contributed by atoms with Crippen LogP contribution in [0.1, 0.15) is 47.0 Å². The lowest BCUT2D eigenvalue weighted by Gasteiger charge is -2.43. The Morgan fingerprint density at radius 3 is 2.38 bits per heavy atom. The molecule has 0 heterocycles. The van der Waals surface area contributed by atoms with Crippen molar-refractivity contribution >= 4 is 0 Å². The van der Waals surface area contributed by atoms with Crippen molar-refractivity contribution in [3.05, 3.63) is 10.4 Å². The van der Waals surface area contributed by atoms with E-state index in [1.54, 1.807) is 0 Å². The first kappa shape index (κ1) is 10.4. The highest BCUT2D eigenvalue weighted by molar-refractivity contribution is 4.95. The van der Waals surface area contributed by atoms with Crippen LogP contribution in [-0.4, -0.2) is 5.54 Å². The normalized spacial score (nSPS) is 38.0. The minimum atomic E-state index is -0.157. The summed E-state index contributed by atoms with van der Waals surface area (Å²) in [6.07, 6.45) is 3.28. The number of azide groups is 1. The molecule has 0 aromatic heterocycles. The van der Waals surface area contributed by atoms with Gasteiger partial charge in [-0.2, -0.15) is 0 Å². The van der Waals surface area contributed by atoms with Gasteiger partial charge in [0.1, 0.15) is 0 Å². The van der Waals surface area contributed by atoms with Gasteiger partial charge in [0.2, 0.25) is 0 Å². The molecule has 0 spiro atoms. The average molecular weight is 181 g/mol. The molecule has 2 atom stereocenters. The van der Waals surface area contributed by atoms with Gasteiger partial charge in [0, 0.05) is 10.5 Å². The maximum atomic E-state index is 8.50. The Morgan fingerprint density at radius 2 is 1.92 bits per heavy atom. The van der Waals surface area contributed by atoms with Crippen molar-refractivity contribution in [2.45, 2.75) is 52.5 Å². The summed E-state index contributed by atoms with van der Waals surface area (Å²) in [6.45, 7) is 8.83. The Morgan fingerprint density at radius 1 is 1.31 bits per heavy atom. The fourth-order valence-electron chi connectivity index (χ4n) is 3.13. The van der Waals surface area contributed by atoms with Crippen molar-refractivity contribution in [1.29, 1.82) is 0 Å². The number of nitrogens with zero attached hydrogens (tertiary/aromatic N) is 3. The highest BCUT2D eigenvalue weighted by Gasteiger charge is 2.38. The molecule has 0 aromatic carbocycles. The molecule has 3 nitrogen and oxygen atoms in total. The van der Waals surface area contributed by atoms with Crippen molar-refractivity contribution < 1.29 is 0 Å². The summed E-state index contributed by atoms with van der Waals surface area (Å²) < 4.78 is 0. The predicted octanol–water partition coefficient (Wildman–Crippen LogP) is 3.90. The van der Waals surface area contributed by atoms with Crippen molar-refractivity contribution in [3.63, 3.8) is 0 Å². The summed E-state index contributed by atoms with van der Waals surface area (Å²) in [5, 5.41) is 3.94. The third-order valence-corrected chi connectivity index (χ3v) is 2.83. The van der Waals surface area contributed by atoms with Crippen LogP contribution in [0.4, 0.5) is 0 Å². The van der Waals surface area contributed by atoms with Crippen LogP contribution in [0, 0.1) is 11.3 Å².